The quantitative estimate of drug-likeness (QED) is 0.358. The standard InChI is InChI=1S/C4H9NO3/c6-8-4-3-5-1-2-7-4/h4-6H,1-3H2. The van der Waals surface area contributed by atoms with Gasteiger partial charge in [-0.15, -0.1) is 0 Å². The second-order valence-corrected chi connectivity index (χ2v) is 1.61. The Bertz CT molecular complexity index is 62.3. The van der Waals surface area contributed by atoms with E-state index >= 15 is 0 Å². The van der Waals surface area contributed by atoms with E-state index in [1.807, 2.05) is 0 Å². The summed E-state index contributed by atoms with van der Waals surface area (Å²) >= 11 is 0. The van der Waals surface area contributed by atoms with E-state index in [4.69, 9.17) is 9.99 Å². The molecule has 1 heterocycles. The van der Waals surface area contributed by atoms with Gasteiger partial charge in [-0.3, -0.25) is 0 Å². The number of rotatable bonds is 1. The lowest BCUT2D eigenvalue weighted by molar-refractivity contribution is -0.348. The van der Waals surface area contributed by atoms with Crippen LogP contribution in [0.25, 0.3) is 0 Å². The summed E-state index contributed by atoms with van der Waals surface area (Å²) < 4.78 is 4.89. The summed E-state index contributed by atoms with van der Waals surface area (Å²) in [5, 5.41) is 11.0. The lowest BCUT2D eigenvalue weighted by Crippen LogP contribution is -2.39. The molecule has 1 aliphatic rings. The molecule has 8 heavy (non-hydrogen) atoms. The van der Waals surface area contributed by atoms with Gasteiger partial charge in [0.15, 0.2) is 0 Å². The fourth-order valence-electron chi connectivity index (χ4n) is 0.609. The maximum Gasteiger partial charge on any atom is 0.203 e. The highest BCUT2D eigenvalue weighted by Crippen LogP contribution is 1.93. The van der Waals surface area contributed by atoms with E-state index in [2.05, 4.69) is 10.2 Å². The summed E-state index contributed by atoms with van der Waals surface area (Å²) in [6.45, 7) is 2.00. The highest BCUT2D eigenvalue weighted by molar-refractivity contribution is 4.55. The molecule has 0 radical (unpaired) electrons. The molecule has 0 bridgehead atoms. The molecule has 1 fully saturated rings. The van der Waals surface area contributed by atoms with Crippen molar-refractivity contribution in [2.24, 2.45) is 0 Å². The molecular weight excluding hydrogens is 110 g/mol. The van der Waals surface area contributed by atoms with E-state index in [-0.39, 0.29) is 0 Å². The Morgan fingerprint density at radius 1 is 1.75 bits per heavy atom. The van der Waals surface area contributed by atoms with Gasteiger partial charge in [-0.2, -0.15) is 0 Å². The van der Waals surface area contributed by atoms with E-state index in [0.29, 0.717) is 13.2 Å². The minimum absolute atomic E-state index is 0.469. The molecule has 48 valence electrons. The topological polar surface area (TPSA) is 50.7 Å². The predicted octanol–water partition coefficient (Wildman–Crippen LogP) is -0.578. The highest BCUT2D eigenvalue weighted by Gasteiger charge is 2.11. The third-order valence-electron chi connectivity index (χ3n) is 1.01. The van der Waals surface area contributed by atoms with E-state index < -0.39 is 6.29 Å². The molecule has 1 rings (SSSR count). The lowest BCUT2D eigenvalue weighted by Gasteiger charge is -2.19. The van der Waals surface area contributed by atoms with Crippen molar-refractivity contribution < 1.29 is 14.9 Å². The Labute approximate surface area is 47.3 Å². The molecule has 1 saturated heterocycles. The molecule has 0 saturated carbocycles. The lowest BCUT2D eigenvalue weighted by atomic mass is 10.5. The second kappa shape index (κ2) is 2.99. The van der Waals surface area contributed by atoms with Crippen molar-refractivity contribution in [3.05, 3.63) is 0 Å². The van der Waals surface area contributed by atoms with E-state index in [0.717, 1.165) is 6.54 Å². The number of nitrogens with one attached hydrogen (secondary N) is 1. The largest absolute Gasteiger partial charge is 0.347 e. The first-order chi connectivity index (χ1) is 3.93. The van der Waals surface area contributed by atoms with Crippen LogP contribution in [0.15, 0.2) is 0 Å². The molecule has 0 aliphatic carbocycles. The zero-order valence-corrected chi connectivity index (χ0v) is 4.46. The van der Waals surface area contributed by atoms with Gasteiger partial charge < -0.3 is 10.1 Å². The van der Waals surface area contributed by atoms with Crippen LogP contribution in [0, 0.1) is 0 Å². The van der Waals surface area contributed by atoms with Crippen LogP contribution in [0.3, 0.4) is 0 Å². The molecular formula is C4H9NO3. The molecule has 0 amide bonds. The SMILES string of the molecule is OOC1CNCCO1. The molecule has 1 unspecified atom stereocenters. The number of hydrogen-bond acceptors (Lipinski definition) is 4. The maximum absolute atomic E-state index is 8.03. The van der Waals surface area contributed by atoms with Gasteiger partial charge in [-0.1, -0.05) is 0 Å². The first kappa shape index (κ1) is 5.97. The van der Waals surface area contributed by atoms with E-state index in [1.165, 1.54) is 0 Å². The number of hydrogen-bond donors (Lipinski definition) is 2. The van der Waals surface area contributed by atoms with Crippen LogP contribution < -0.4 is 5.32 Å². The molecule has 0 spiro atoms. The fraction of sp³-hybridized carbons (Fsp3) is 1.00. The van der Waals surface area contributed by atoms with Gasteiger partial charge in [0.05, 0.1) is 6.61 Å². The zero-order valence-electron chi connectivity index (χ0n) is 4.46. The summed E-state index contributed by atoms with van der Waals surface area (Å²) in [6.07, 6.45) is -0.469. The predicted molar refractivity (Wildman–Crippen MR) is 26.3 cm³/mol. The number of ether oxygens (including phenoxy) is 1. The highest BCUT2D eigenvalue weighted by atomic mass is 17.1. The van der Waals surface area contributed by atoms with Crippen LogP contribution in [0.4, 0.5) is 0 Å². The normalized spacial score (nSPS) is 30.4. The first-order valence-corrected chi connectivity index (χ1v) is 2.56. The van der Waals surface area contributed by atoms with Crippen molar-refractivity contribution >= 4 is 0 Å². The van der Waals surface area contributed by atoms with Crippen LogP contribution in [-0.4, -0.2) is 31.2 Å². The summed E-state index contributed by atoms with van der Waals surface area (Å²) in [6, 6.07) is 0. The molecule has 0 aromatic carbocycles. The molecule has 4 heteroatoms. The molecule has 4 nitrogen and oxygen atoms in total. The van der Waals surface area contributed by atoms with Crippen molar-refractivity contribution in [1.82, 2.24) is 5.32 Å². The van der Waals surface area contributed by atoms with E-state index in [9.17, 15) is 0 Å². The van der Waals surface area contributed by atoms with Gasteiger partial charge in [0.1, 0.15) is 0 Å². The summed E-state index contributed by atoms with van der Waals surface area (Å²) in [7, 11) is 0. The summed E-state index contributed by atoms with van der Waals surface area (Å²) in [5.41, 5.74) is 0. The van der Waals surface area contributed by atoms with Crippen molar-refractivity contribution in [3.63, 3.8) is 0 Å². The molecule has 2 N–H and O–H groups in total. The van der Waals surface area contributed by atoms with Crippen LogP contribution in [0.5, 0.6) is 0 Å². The van der Waals surface area contributed by atoms with Crippen LogP contribution in [-0.2, 0) is 9.62 Å². The third-order valence-corrected chi connectivity index (χ3v) is 1.01. The average Bonchev–Trinajstić information content (AvgIpc) is 1.90. The van der Waals surface area contributed by atoms with Crippen LogP contribution in [0.1, 0.15) is 0 Å². The van der Waals surface area contributed by atoms with Gasteiger partial charge in [0.25, 0.3) is 0 Å². The molecule has 1 atom stereocenters. The Morgan fingerprint density at radius 2 is 2.62 bits per heavy atom. The Hall–Kier alpha value is -0.160. The number of morpholine rings is 1. The Morgan fingerprint density at radius 3 is 3.00 bits per heavy atom. The van der Waals surface area contributed by atoms with Crippen molar-refractivity contribution in [3.8, 4) is 0 Å². The maximum atomic E-state index is 8.03. The van der Waals surface area contributed by atoms with Crippen molar-refractivity contribution in [2.75, 3.05) is 19.7 Å². The zero-order chi connectivity index (χ0) is 5.82. The third kappa shape index (κ3) is 1.41. The van der Waals surface area contributed by atoms with Crippen LogP contribution >= 0.6 is 0 Å². The van der Waals surface area contributed by atoms with E-state index in [1.54, 1.807) is 0 Å². The monoisotopic (exact) mass is 119 g/mol. The molecule has 0 aromatic rings. The van der Waals surface area contributed by atoms with Gasteiger partial charge in [-0.05, 0) is 0 Å². The fourth-order valence-corrected chi connectivity index (χ4v) is 0.609. The second-order valence-electron chi connectivity index (χ2n) is 1.61. The van der Waals surface area contributed by atoms with Gasteiger partial charge >= 0.3 is 0 Å². The minimum atomic E-state index is -0.469. The minimum Gasteiger partial charge on any atom is -0.347 e. The molecule has 1 aliphatic heterocycles. The average molecular weight is 119 g/mol. The smallest absolute Gasteiger partial charge is 0.203 e. The Kier molecular flexibility index (Phi) is 2.23. The van der Waals surface area contributed by atoms with Gasteiger partial charge in [-0.25, -0.2) is 10.1 Å². The van der Waals surface area contributed by atoms with Crippen LogP contribution in [0.2, 0.25) is 0 Å². The first-order valence-electron chi connectivity index (χ1n) is 2.56. The van der Waals surface area contributed by atoms with Gasteiger partial charge in [0.2, 0.25) is 6.29 Å². The van der Waals surface area contributed by atoms with Gasteiger partial charge in [0, 0.05) is 13.1 Å². The molecule has 0 aromatic heterocycles. The summed E-state index contributed by atoms with van der Waals surface area (Å²) in [5.74, 6) is 0. The summed E-state index contributed by atoms with van der Waals surface area (Å²) in [4.78, 5) is 3.91. The van der Waals surface area contributed by atoms with Crippen molar-refractivity contribution in [1.29, 1.82) is 0 Å². The Balaban J connectivity index is 2.13. The van der Waals surface area contributed by atoms with Crippen molar-refractivity contribution in [2.45, 2.75) is 6.29 Å².